The molecule has 0 radical (unpaired) electrons. The summed E-state index contributed by atoms with van der Waals surface area (Å²) in [5.74, 6) is -5.01. The van der Waals surface area contributed by atoms with Gasteiger partial charge in [0.15, 0.2) is 0 Å². The Balaban J connectivity index is 1.63. The SMILES string of the molecule is O=C1[C@@H]2C3c4ccccc4C([N+](=O)[O-])(c4ccccc43)[C@H]2C(=O)N1c1cc(C(F)(F)F)ccc1Cl. The molecule has 0 aromatic heterocycles. The number of anilines is 1. The van der Waals surface area contributed by atoms with Gasteiger partial charge in [-0.2, -0.15) is 13.2 Å². The van der Waals surface area contributed by atoms with Crippen molar-refractivity contribution in [2.24, 2.45) is 11.8 Å². The number of nitro groups is 1. The monoisotopic (exact) mass is 498 g/mol. The lowest BCUT2D eigenvalue weighted by Gasteiger charge is -2.48. The van der Waals surface area contributed by atoms with Crippen LogP contribution in [0.1, 0.15) is 33.7 Å². The summed E-state index contributed by atoms with van der Waals surface area (Å²) in [4.78, 5) is 40.6. The minimum Gasteiger partial charge on any atom is -0.274 e. The van der Waals surface area contributed by atoms with Gasteiger partial charge >= 0.3 is 6.18 Å². The average molecular weight is 499 g/mol. The van der Waals surface area contributed by atoms with Crippen LogP contribution in [0.5, 0.6) is 0 Å². The zero-order valence-electron chi connectivity index (χ0n) is 17.6. The van der Waals surface area contributed by atoms with E-state index in [4.69, 9.17) is 11.6 Å². The molecule has 2 amide bonds. The van der Waals surface area contributed by atoms with Gasteiger partial charge in [0, 0.05) is 22.0 Å². The van der Waals surface area contributed by atoms with Crippen LogP contribution in [-0.4, -0.2) is 16.7 Å². The predicted octanol–water partition coefficient (Wildman–Crippen LogP) is 5.14. The highest BCUT2D eigenvalue weighted by Gasteiger charge is 2.75. The average Bonchev–Trinajstić information content (AvgIpc) is 3.09. The Bertz CT molecular complexity index is 1420. The van der Waals surface area contributed by atoms with Gasteiger partial charge in [0.05, 0.1) is 22.2 Å². The molecule has 2 bridgehead atoms. The summed E-state index contributed by atoms with van der Waals surface area (Å²) in [7, 11) is 0. The molecule has 1 saturated heterocycles. The molecular formula is C25H14ClF3N2O4. The van der Waals surface area contributed by atoms with Gasteiger partial charge in [0.1, 0.15) is 5.92 Å². The van der Waals surface area contributed by atoms with Crippen molar-refractivity contribution in [3.8, 4) is 0 Å². The van der Waals surface area contributed by atoms with E-state index in [-0.39, 0.29) is 5.02 Å². The minimum absolute atomic E-state index is 0.240. The Labute approximate surface area is 201 Å². The second-order valence-corrected chi connectivity index (χ2v) is 9.26. The van der Waals surface area contributed by atoms with E-state index in [1.54, 1.807) is 48.5 Å². The fourth-order valence-electron chi connectivity index (χ4n) is 6.14. The number of alkyl halides is 3. The zero-order valence-corrected chi connectivity index (χ0v) is 18.4. The number of halogens is 4. The van der Waals surface area contributed by atoms with Gasteiger partial charge in [0.2, 0.25) is 11.8 Å². The summed E-state index contributed by atoms with van der Waals surface area (Å²) < 4.78 is 40.2. The van der Waals surface area contributed by atoms with Crippen molar-refractivity contribution >= 4 is 29.1 Å². The van der Waals surface area contributed by atoms with E-state index in [9.17, 15) is 32.9 Å². The molecule has 4 aliphatic rings. The highest BCUT2D eigenvalue weighted by atomic mass is 35.5. The first-order valence-electron chi connectivity index (χ1n) is 10.7. The van der Waals surface area contributed by atoms with Crippen LogP contribution in [0.15, 0.2) is 66.7 Å². The van der Waals surface area contributed by atoms with Crippen LogP contribution in [0.4, 0.5) is 18.9 Å². The molecule has 35 heavy (non-hydrogen) atoms. The number of hydrogen-bond donors (Lipinski definition) is 0. The number of imide groups is 1. The van der Waals surface area contributed by atoms with E-state index in [0.29, 0.717) is 33.2 Å². The van der Waals surface area contributed by atoms with Crippen LogP contribution < -0.4 is 4.90 Å². The summed E-state index contributed by atoms with van der Waals surface area (Å²) in [5.41, 5.74) is -1.85. The molecule has 0 N–H and O–H groups in total. The molecule has 3 aromatic rings. The summed E-state index contributed by atoms with van der Waals surface area (Å²) in [6.07, 6.45) is -4.74. The van der Waals surface area contributed by atoms with Gasteiger partial charge in [-0.3, -0.25) is 19.7 Å². The fraction of sp³-hybridized carbons (Fsp3) is 0.200. The van der Waals surface area contributed by atoms with Crippen molar-refractivity contribution < 1.29 is 27.7 Å². The highest BCUT2D eigenvalue weighted by Crippen LogP contribution is 2.64. The van der Waals surface area contributed by atoms with Gasteiger partial charge in [-0.25, -0.2) is 4.90 Å². The standard InChI is InChI=1S/C25H14ClF3N2O4/c26-17-10-9-12(25(27,28)29)11-18(17)30-22(32)20-19-13-5-1-3-7-15(13)24(31(34)35,21(20)23(30)33)16-8-4-2-6-14(16)19/h1-11,19-21H/t19?,20-,21-,24?/m1/s1. The lowest BCUT2D eigenvalue weighted by Crippen LogP contribution is -2.57. The molecule has 0 saturated carbocycles. The molecule has 0 unspecified atom stereocenters. The van der Waals surface area contributed by atoms with E-state index in [0.717, 1.165) is 12.1 Å². The summed E-state index contributed by atoms with van der Waals surface area (Å²) >= 11 is 6.17. The topological polar surface area (TPSA) is 80.5 Å². The number of carbonyl (C=O) groups excluding carboxylic acids is 2. The number of rotatable bonds is 2. The lowest BCUT2D eigenvalue weighted by molar-refractivity contribution is -0.578. The van der Waals surface area contributed by atoms with Gasteiger partial charge < -0.3 is 0 Å². The van der Waals surface area contributed by atoms with Crippen LogP contribution in [0.3, 0.4) is 0 Å². The number of carbonyl (C=O) groups is 2. The molecule has 1 fully saturated rings. The van der Waals surface area contributed by atoms with Crippen molar-refractivity contribution in [1.29, 1.82) is 0 Å². The molecular weight excluding hydrogens is 485 g/mol. The van der Waals surface area contributed by atoms with E-state index < -0.39 is 57.5 Å². The molecule has 176 valence electrons. The molecule has 7 rings (SSSR count). The molecule has 6 nitrogen and oxygen atoms in total. The molecule has 3 aromatic carbocycles. The summed E-state index contributed by atoms with van der Waals surface area (Å²) in [6.45, 7) is 0. The van der Waals surface area contributed by atoms with Crippen LogP contribution in [0, 0.1) is 22.0 Å². The maximum absolute atomic E-state index is 13.8. The fourth-order valence-corrected chi connectivity index (χ4v) is 6.34. The van der Waals surface area contributed by atoms with Crippen LogP contribution in [-0.2, 0) is 21.3 Å². The first-order chi connectivity index (χ1) is 16.6. The molecule has 10 heteroatoms. The molecule has 0 spiro atoms. The molecule has 1 heterocycles. The zero-order chi connectivity index (χ0) is 24.9. The number of nitrogens with zero attached hydrogens (tertiary/aromatic N) is 2. The molecule has 2 atom stereocenters. The number of amides is 2. The van der Waals surface area contributed by atoms with Crippen LogP contribution >= 0.6 is 11.6 Å². The lowest BCUT2D eigenvalue weighted by atomic mass is 9.51. The van der Waals surface area contributed by atoms with E-state index in [1.165, 1.54) is 0 Å². The largest absolute Gasteiger partial charge is 0.416 e. The minimum atomic E-state index is -4.74. The quantitative estimate of drug-likeness (QED) is 0.278. The van der Waals surface area contributed by atoms with Gasteiger partial charge in [-0.05, 0) is 29.3 Å². The van der Waals surface area contributed by atoms with Gasteiger partial charge in [-0.1, -0.05) is 60.1 Å². The van der Waals surface area contributed by atoms with E-state index >= 15 is 0 Å². The Morgan fingerprint density at radius 2 is 1.49 bits per heavy atom. The van der Waals surface area contributed by atoms with Crippen molar-refractivity contribution in [2.75, 3.05) is 4.90 Å². The van der Waals surface area contributed by atoms with Crippen molar-refractivity contribution in [1.82, 2.24) is 0 Å². The first kappa shape index (κ1) is 21.8. The third kappa shape index (κ3) is 2.56. The normalized spacial score (nSPS) is 26.4. The first-order valence-corrected chi connectivity index (χ1v) is 11.1. The van der Waals surface area contributed by atoms with Crippen LogP contribution in [0.2, 0.25) is 5.02 Å². The van der Waals surface area contributed by atoms with E-state index in [1.807, 2.05) is 0 Å². The third-order valence-corrected chi connectivity index (χ3v) is 7.70. The molecule has 1 aliphatic heterocycles. The predicted molar refractivity (Wildman–Crippen MR) is 118 cm³/mol. The summed E-state index contributed by atoms with van der Waals surface area (Å²) in [5, 5.41) is 12.7. The maximum Gasteiger partial charge on any atom is 0.416 e. The van der Waals surface area contributed by atoms with Crippen molar-refractivity contribution in [2.45, 2.75) is 17.6 Å². The van der Waals surface area contributed by atoms with Crippen LogP contribution in [0.25, 0.3) is 0 Å². The molecule has 3 aliphatic carbocycles. The third-order valence-electron chi connectivity index (χ3n) is 7.38. The smallest absolute Gasteiger partial charge is 0.274 e. The second-order valence-electron chi connectivity index (χ2n) is 8.85. The Kier molecular flexibility index (Phi) is 4.30. The van der Waals surface area contributed by atoms with Gasteiger partial charge in [0.25, 0.3) is 5.54 Å². The second kappa shape index (κ2) is 6.91. The van der Waals surface area contributed by atoms with Crippen molar-refractivity contribution in [3.63, 3.8) is 0 Å². The summed E-state index contributed by atoms with van der Waals surface area (Å²) in [6, 6.07) is 15.6. The Hall–Kier alpha value is -3.72. The Morgan fingerprint density at radius 3 is 2.03 bits per heavy atom. The highest BCUT2D eigenvalue weighted by molar-refractivity contribution is 6.36. The number of hydrogen-bond acceptors (Lipinski definition) is 4. The van der Waals surface area contributed by atoms with Crippen molar-refractivity contribution in [3.05, 3.63) is 110 Å². The Morgan fingerprint density at radius 1 is 0.914 bits per heavy atom. The number of benzene rings is 3. The maximum atomic E-state index is 13.8. The van der Waals surface area contributed by atoms with E-state index in [2.05, 4.69) is 0 Å². The van der Waals surface area contributed by atoms with Gasteiger partial charge in [-0.15, -0.1) is 0 Å².